The number of benzene rings is 2. The molecule has 0 fully saturated rings. The highest BCUT2D eigenvalue weighted by molar-refractivity contribution is 9.10. The van der Waals surface area contributed by atoms with Crippen LogP contribution in [0.25, 0.3) is 0 Å². The molecule has 0 spiro atoms. The van der Waals surface area contributed by atoms with E-state index in [1.54, 1.807) is 42.5 Å². The highest BCUT2D eigenvalue weighted by Crippen LogP contribution is 2.29. The number of carbonyl (C=O) groups excluding carboxylic acids is 1. The maximum absolute atomic E-state index is 13.3. The molecule has 1 heterocycles. The summed E-state index contributed by atoms with van der Waals surface area (Å²) >= 11 is 3.38. The van der Waals surface area contributed by atoms with E-state index >= 15 is 0 Å². The van der Waals surface area contributed by atoms with Gasteiger partial charge in [0.2, 0.25) is 0 Å². The molecule has 1 amide bonds. The first-order chi connectivity index (χ1) is 12.4. The van der Waals surface area contributed by atoms with Gasteiger partial charge in [-0.2, -0.15) is 0 Å². The van der Waals surface area contributed by atoms with Crippen molar-refractivity contribution in [2.75, 3.05) is 17.3 Å². The minimum Gasteiger partial charge on any atom is -0.493 e. The van der Waals surface area contributed by atoms with Gasteiger partial charge >= 0.3 is 0 Å². The Labute approximate surface area is 161 Å². The van der Waals surface area contributed by atoms with Crippen LogP contribution < -0.4 is 9.64 Å². The van der Waals surface area contributed by atoms with Crippen LogP contribution in [0.1, 0.15) is 17.3 Å². The number of hydrogen-bond acceptors (Lipinski definition) is 4. The molecule has 0 radical (unpaired) electrons. The molecule has 26 heavy (non-hydrogen) atoms. The minimum atomic E-state index is -3.31. The second-order valence-electron chi connectivity index (χ2n) is 5.81. The van der Waals surface area contributed by atoms with Crippen LogP contribution in [-0.4, -0.2) is 32.7 Å². The average molecular weight is 436 g/mol. The number of para-hydroxylation sites is 1. The molecule has 0 N–H and O–H groups in total. The molecule has 7 heteroatoms. The van der Waals surface area contributed by atoms with Gasteiger partial charge in [-0.1, -0.05) is 28.1 Å². The van der Waals surface area contributed by atoms with Crippen molar-refractivity contribution in [2.45, 2.75) is 13.0 Å². The van der Waals surface area contributed by atoms with Crippen molar-refractivity contribution in [3.05, 3.63) is 70.1 Å². The normalized spacial score (nSPS) is 17.8. The summed E-state index contributed by atoms with van der Waals surface area (Å²) in [6.45, 7) is 2.28. The Balaban J connectivity index is 2.05. The third-order valence-electron chi connectivity index (χ3n) is 3.98. The largest absolute Gasteiger partial charge is 0.493 e. The molecule has 0 unspecified atom stereocenters. The summed E-state index contributed by atoms with van der Waals surface area (Å²) in [4.78, 5) is 14.8. The van der Waals surface area contributed by atoms with Crippen molar-refractivity contribution >= 4 is 37.4 Å². The first kappa shape index (κ1) is 18.7. The number of anilines is 1. The molecule has 1 aliphatic heterocycles. The quantitative estimate of drug-likeness (QED) is 0.715. The molecule has 0 saturated heterocycles. The molecule has 0 aromatic heterocycles. The number of rotatable bonds is 5. The predicted octanol–water partition coefficient (Wildman–Crippen LogP) is 3.81. The molecule has 0 bridgehead atoms. The van der Waals surface area contributed by atoms with E-state index in [1.165, 1.54) is 10.3 Å². The zero-order chi connectivity index (χ0) is 18.7. The van der Waals surface area contributed by atoms with Gasteiger partial charge in [0.1, 0.15) is 5.75 Å². The second kappa shape index (κ2) is 7.63. The Morgan fingerprint density at radius 1 is 1.19 bits per heavy atom. The minimum absolute atomic E-state index is 0.133. The molecule has 1 aliphatic rings. The van der Waals surface area contributed by atoms with E-state index in [-0.39, 0.29) is 11.7 Å². The lowest BCUT2D eigenvalue weighted by Crippen LogP contribution is -2.41. The number of sulfone groups is 1. The van der Waals surface area contributed by atoms with E-state index in [2.05, 4.69) is 15.9 Å². The van der Waals surface area contributed by atoms with Gasteiger partial charge in [-0.25, -0.2) is 8.42 Å². The van der Waals surface area contributed by atoms with Gasteiger partial charge in [-0.3, -0.25) is 4.79 Å². The summed E-state index contributed by atoms with van der Waals surface area (Å²) in [6.07, 6.45) is 1.55. The number of nitrogens with zero attached hydrogens (tertiary/aromatic N) is 1. The highest BCUT2D eigenvalue weighted by atomic mass is 79.9. The van der Waals surface area contributed by atoms with E-state index in [0.29, 0.717) is 23.6 Å². The van der Waals surface area contributed by atoms with Crippen LogP contribution in [0, 0.1) is 0 Å². The van der Waals surface area contributed by atoms with Crippen molar-refractivity contribution in [1.29, 1.82) is 0 Å². The Morgan fingerprint density at radius 2 is 1.88 bits per heavy atom. The fraction of sp³-hybridized carbons (Fsp3) is 0.211. The third kappa shape index (κ3) is 3.99. The maximum Gasteiger partial charge on any atom is 0.262 e. The monoisotopic (exact) mass is 435 g/mol. The second-order valence-corrected chi connectivity index (χ2v) is 8.65. The van der Waals surface area contributed by atoms with Gasteiger partial charge in [-0.15, -0.1) is 0 Å². The van der Waals surface area contributed by atoms with Crippen molar-refractivity contribution in [3.63, 3.8) is 0 Å². The number of ether oxygens (including phenoxy) is 1. The fourth-order valence-electron chi connectivity index (χ4n) is 2.84. The smallest absolute Gasteiger partial charge is 0.262 e. The summed E-state index contributed by atoms with van der Waals surface area (Å²) in [5.74, 6) is 0.0427. The molecule has 2 aromatic carbocycles. The number of hydrogen-bond donors (Lipinski definition) is 0. The summed E-state index contributed by atoms with van der Waals surface area (Å²) in [7, 11) is -3.31. The van der Waals surface area contributed by atoms with Crippen molar-refractivity contribution in [1.82, 2.24) is 0 Å². The van der Waals surface area contributed by atoms with Crippen LogP contribution in [-0.2, 0) is 9.84 Å². The maximum atomic E-state index is 13.3. The lowest BCUT2D eigenvalue weighted by atomic mass is 10.1. The molecule has 136 valence electrons. The van der Waals surface area contributed by atoms with Gasteiger partial charge < -0.3 is 9.64 Å². The molecule has 3 rings (SSSR count). The number of carbonyl (C=O) groups is 1. The van der Waals surface area contributed by atoms with Gasteiger partial charge in [0.05, 0.1) is 24.0 Å². The fourth-order valence-corrected chi connectivity index (χ4v) is 4.37. The Morgan fingerprint density at radius 3 is 2.50 bits per heavy atom. The van der Waals surface area contributed by atoms with Crippen molar-refractivity contribution in [2.24, 2.45) is 0 Å². The first-order valence-corrected chi connectivity index (χ1v) is 10.6. The zero-order valence-corrected chi connectivity index (χ0v) is 16.5. The first-order valence-electron chi connectivity index (χ1n) is 8.13. The Hall–Kier alpha value is -2.12. The standard InChI is InChI=1S/C19H18BrNO4S/c1-2-25-18-6-4-3-5-17(18)19(22)21(15-9-7-14(20)8-10-15)16-11-12-26(23,24)13-16/h3-12,16H,2,13H2,1H3/t16-/m1/s1. The van der Waals surface area contributed by atoms with E-state index in [4.69, 9.17) is 4.74 Å². The number of halogens is 1. The molecular weight excluding hydrogens is 418 g/mol. The van der Waals surface area contributed by atoms with Crippen LogP contribution in [0.3, 0.4) is 0 Å². The average Bonchev–Trinajstić information content (AvgIpc) is 2.97. The Kier molecular flexibility index (Phi) is 5.48. The van der Waals surface area contributed by atoms with Crippen LogP contribution in [0.15, 0.2) is 64.5 Å². The van der Waals surface area contributed by atoms with Gasteiger partial charge in [0, 0.05) is 15.6 Å². The lowest BCUT2D eigenvalue weighted by Gasteiger charge is -2.28. The van der Waals surface area contributed by atoms with Crippen LogP contribution in [0.4, 0.5) is 5.69 Å². The van der Waals surface area contributed by atoms with E-state index in [1.807, 2.05) is 19.1 Å². The molecule has 0 aliphatic carbocycles. The number of amides is 1. The topological polar surface area (TPSA) is 63.7 Å². The van der Waals surface area contributed by atoms with E-state index in [9.17, 15) is 13.2 Å². The zero-order valence-electron chi connectivity index (χ0n) is 14.1. The summed E-state index contributed by atoms with van der Waals surface area (Å²) in [5.41, 5.74) is 1.02. The van der Waals surface area contributed by atoms with Crippen molar-refractivity contribution in [3.8, 4) is 5.75 Å². The van der Waals surface area contributed by atoms with Crippen LogP contribution >= 0.6 is 15.9 Å². The molecule has 0 saturated carbocycles. The summed E-state index contributed by atoms with van der Waals surface area (Å²) < 4.78 is 30.3. The third-order valence-corrected chi connectivity index (χ3v) is 5.89. The van der Waals surface area contributed by atoms with E-state index < -0.39 is 15.9 Å². The summed E-state index contributed by atoms with van der Waals surface area (Å²) in [6, 6.07) is 13.6. The van der Waals surface area contributed by atoms with E-state index in [0.717, 1.165) is 4.47 Å². The van der Waals surface area contributed by atoms with Crippen LogP contribution in [0.2, 0.25) is 0 Å². The van der Waals surface area contributed by atoms with Gasteiger partial charge in [-0.05, 0) is 49.4 Å². The van der Waals surface area contributed by atoms with Gasteiger partial charge in [0.15, 0.2) is 9.84 Å². The SMILES string of the molecule is CCOc1ccccc1C(=O)N(c1ccc(Br)cc1)[C@@H]1C=CS(=O)(=O)C1. The Bertz CT molecular complexity index is 938. The highest BCUT2D eigenvalue weighted by Gasteiger charge is 2.33. The molecule has 2 aromatic rings. The molecular formula is C19H18BrNO4S. The summed E-state index contributed by atoms with van der Waals surface area (Å²) in [5, 5.41) is 1.17. The lowest BCUT2D eigenvalue weighted by molar-refractivity contribution is 0.0979. The predicted molar refractivity (Wildman–Crippen MR) is 105 cm³/mol. The molecule has 1 atom stereocenters. The van der Waals surface area contributed by atoms with Gasteiger partial charge in [0.25, 0.3) is 5.91 Å². The molecule has 5 nitrogen and oxygen atoms in total. The van der Waals surface area contributed by atoms with Crippen LogP contribution in [0.5, 0.6) is 5.75 Å². The van der Waals surface area contributed by atoms with Crippen molar-refractivity contribution < 1.29 is 17.9 Å².